The largest absolute Gasteiger partial charge is 0.455 e. The van der Waals surface area contributed by atoms with Gasteiger partial charge in [-0.1, -0.05) is 29.8 Å². The summed E-state index contributed by atoms with van der Waals surface area (Å²) in [5, 5.41) is 0.495. The second-order valence-corrected chi connectivity index (χ2v) is 4.30. The molecule has 0 heterocycles. The molecule has 0 aliphatic rings. The van der Waals surface area contributed by atoms with E-state index >= 15 is 0 Å². The van der Waals surface area contributed by atoms with Crippen LogP contribution in [0.2, 0.25) is 5.02 Å². The standard InChI is InChI=1S/C14H12ClNO2/c1-9-6-7-13(11(15)8-9)18-12-5-3-2-4-10(12)14(16)17/h2-8H,1H3,(H2,16,17). The van der Waals surface area contributed by atoms with Crippen LogP contribution < -0.4 is 10.5 Å². The van der Waals surface area contributed by atoms with Crippen molar-refractivity contribution in [3.05, 3.63) is 58.6 Å². The summed E-state index contributed by atoms with van der Waals surface area (Å²) in [6.07, 6.45) is 0. The molecule has 3 nitrogen and oxygen atoms in total. The Bertz CT molecular complexity index is 596. The van der Waals surface area contributed by atoms with Crippen molar-refractivity contribution in [2.24, 2.45) is 5.73 Å². The molecule has 0 unspecified atom stereocenters. The van der Waals surface area contributed by atoms with Crippen LogP contribution in [-0.4, -0.2) is 5.91 Å². The van der Waals surface area contributed by atoms with Crippen molar-refractivity contribution < 1.29 is 9.53 Å². The number of hydrogen-bond donors (Lipinski definition) is 1. The molecule has 2 rings (SSSR count). The summed E-state index contributed by atoms with van der Waals surface area (Å²) in [6, 6.07) is 12.2. The Hall–Kier alpha value is -2.00. The van der Waals surface area contributed by atoms with E-state index in [2.05, 4.69) is 0 Å². The lowest BCUT2D eigenvalue weighted by molar-refractivity contribution is 0.0998. The molecular weight excluding hydrogens is 250 g/mol. The molecule has 0 radical (unpaired) electrons. The number of nitrogens with two attached hydrogens (primary N) is 1. The topological polar surface area (TPSA) is 52.3 Å². The van der Waals surface area contributed by atoms with Gasteiger partial charge in [-0.3, -0.25) is 4.79 Å². The Kier molecular flexibility index (Phi) is 3.53. The molecular formula is C14H12ClNO2. The van der Waals surface area contributed by atoms with E-state index in [1.807, 2.05) is 13.0 Å². The Morgan fingerprint density at radius 3 is 2.56 bits per heavy atom. The molecule has 1 amide bonds. The van der Waals surface area contributed by atoms with Crippen molar-refractivity contribution in [3.8, 4) is 11.5 Å². The lowest BCUT2D eigenvalue weighted by Gasteiger charge is -2.10. The molecule has 0 saturated heterocycles. The van der Waals surface area contributed by atoms with Crippen molar-refractivity contribution in [1.82, 2.24) is 0 Å². The fourth-order valence-corrected chi connectivity index (χ4v) is 1.84. The molecule has 92 valence electrons. The van der Waals surface area contributed by atoms with Crippen molar-refractivity contribution >= 4 is 17.5 Å². The number of carbonyl (C=O) groups is 1. The minimum Gasteiger partial charge on any atom is -0.455 e. The Labute approximate surface area is 110 Å². The normalized spacial score (nSPS) is 10.1. The van der Waals surface area contributed by atoms with Crippen molar-refractivity contribution in [2.75, 3.05) is 0 Å². The fourth-order valence-electron chi connectivity index (χ4n) is 1.57. The maximum absolute atomic E-state index is 11.3. The monoisotopic (exact) mass is 261 g/mol. The summed E-state index contributed by atoms with van der Waals surface area (Å²) in [7, 11) is 0. The first-order valence-corrected chi connectivity index (χ1v) is 5.78. The molecule has 2 aromatic carbocycles. The first kappa shape index (κ1) is 12.5. The number of carbonyl (C=O) groups excluding carboxylic acids is 1. The highest BCUT2D eigenvalue weighted by molar-refractivity contribution is 6.32. The predicted molar refractivity (Wildman–Crippen MR) is 71.2 cm³/mol. The van der Waals surface area contributed by atoms with Gasteiger partial charge in [-0.15, -0.1) is 0 Å². The zero-order chi connectivity index (χ0) is 13.1. The second-order valence-electron chi connectivity index (χ2n) is 3.90. The molecule has 18 heavy (non-hydrogen) atoms. The lowest BCUT2D eigenvalue weighted by Crippen LogP contribution is -2.12. The van der Waals surface area contributed by atoms with Gasteiger partial charge in [0.25, 0.3) is 5.91 Å². The van der Waals surface area contributed by atoms with E-state index in [1.165, 1.54) is 0 Å². The van der Waals surface area contributed by atoms with E-state index in [4.69, 9.17) is 22.1 Å². The van der Waals surface area contributed by atoms with Gasteiger partial charge in [0.15, 0.2) is 0 Å². The van der Waals surface area contributed by atoms with Crippen LogP contribution in [0, 0.1) is 6.92 Å². The number of halogens is 1. The number of rotatable bonds is 3. The van der Waals surface area contributed by atoms with Gasteiger partial charge in [-0.25, -0.2) is 0 Å². The second kappa shape index (κ2) is 5.10. The maximum Gasteiger partial charge on any atom is 0.252 e. The van der Waals surface area contributed by atoms with Crippen LogP contribution in [0.25, 0.3) is 0 Å². The molecule has 4 heteroatoms. The van der Waals surface area contributed by atoms with Gasteiger partial charge < -0.3 is 10.5 Å². The highest BCUT2D eigenvalue weighted by Gasteiger charge is 2.10. The van der Waals surface area contributed by atoms with Gasteiger partial charge in [0.05, 0.1) is 10.6 Å². The van der Waals surface area contributed by atoms with Gasteiger partial charge in [0.2, 0.25) is 0 Å². The number of primary amides is 1. The van der Waals surface area contributed by atoms with Gasteiger partial charge in [0.1, 0.15) is 11.5 Å². The molecule has 0 spiro atoms. The Morgan fingerprint density at radius 2 is 1.89 bits per heavy atom. The molecule has 2 N–H and O–H groups in total. The van der Waals surface area contributed by atoms with Crippen LogP contribution in [0.15, 0.2) is 42.5 Å². The molecule has 0 aromatic heterocycles. The van der Waals surface area contributed by atoms with Crippen LogP contribution in [-0.2, 0) is 0 Å². The molecule has 0 aliphatic carbocycles. The maximum atomic E-state index is 11.3. The molecule has 0 aliphatic heterocycles. The van der Waals surface area contributed by atoms with Crippen LogP contribution in [0.4, 0.5) is 0 Å². The summed E-state index contributed by atoms with van der Waals surface area (Å²) in [4.78, 5) is 11.3. The number of para-hydroxylation sites is 1. The third-order valence-corrected chi connectivity index (χ3v) is 2.76. The zero-order valence-corrected chi connectivity index (χ0v) is 10.6. The van der Waals surface area contributed by atoms with E-state index in [9.17, 15) is 4.79 Å². The average molecular weight is 262 g/mol. The van der Waals surface area contributed by atoms with E-state index < -0.39 is 5.91 Å². The lowest BCUT2D eigenvalue weighted by atomic mass is 10.2. The highest BCUT2D eigenvalue weighted by atomic mass is 35.5. The van der Waals surface area contributed by atoms with Crippen molar-refractivity contribution in [3.63, 3.8) is 0 Å². The Morgan fingerprint density at radius 1 is 1.17 bits per heavy atom. The van der Waals surface area contributed by atoms with E-state index in [1.54, 1.807) is 36.4 Å². The fraction of sp³-hybridized carbons (Fsp3) is 0.0714. The quantitative estimate of drug-likeness (QED) is 0.919. The third-order valence-electron chi connectivity index (χ3n) is 2.46. The summed E-state index contributed by atoms with van der Waals surface area (Å²) in [5.41, 5.74) is 6.64. The SMILES string of the molecule is Cc1ccc(Oc2ccccc2C(N)=O)c(Cl)c1. The smallest absolute Gasteiger partial charge is 0.252 e. The summed E-state index contributed by atoms with van der Waals surface area (Å²) >= 11 is 6.07. The minimum atomic E-state index is -0.533. The molecule has 0 bridgehead atoms. The molecule has 0 saturated carbocycles. The summed E-state index contributed by atoms with van der Waals surface area (Å²) in [5.74, 6) is 0.362. The van der Waals surface area contributed by atoms with Crippen LogP contribution >= 0.6 is 11.6 Å². The molecule has 2 aromatic rings. The molecule has 0 fully saturated rings. The number of ether oxygens (including phenoxy) is 1. The summed E-state index contributed by atoms with van der Waals surface area (Å²) in [6.45, 7) is 1.94. The van der Waals surface area contributed by atoms with Crippen molar-refractivity contribution in [2.45, 2.75) is 6.92 Å². The van der Waals surface area contributed by atoms with Gasteiger partial charge in [-0.2, -0.15) is 0 Å². The first-order valence-electron chi connectivity index (χ1n) is 5.41. The average Bonchev–Trinajstić information content (AvgIpc) is 2.33. The van der Waals surface area contributed by atoms with Crippen LogP contribution in [0.5, 0.6) is 11.5 Å². The van der Waals surface area contributed by atoms with Crippen LogP contribution in [0.1, 0.15) is 15.9 Å². The van der Waals surface area contributed by atoms with E-state index in [0.29, 0.717) is 22.1 Å². The summed E-state index contributed by atoms with van der Waals surface area (Å²) < 4.78 is 5.62. The zero-order valence-electron chi connectivity index (χ0n) is 9.81. The van der Waals surface area contributed by atoms with Crippen LogP contribution in [0.3, 0.4) is 0 Å². The predicted octanol–water partition coefficient (Wildman–Crippen LogP) is 3.54. The number of aryl methyl sites for hydroxylation is 1. The van der Waals surface area contributed by atoms with E-state index in [0.717, 1.165) is 5.56 Å². The molecule has 0 atom stereocenters. The number of benzene rings is 2. The number of amides is 1. The first-order chi connectivity index (χ1) is 8.58. The minimum absolute atomic E-state index is 0.328. The van der Waals surface area contributed by atoms with Gasteiger partial charge in [0, 0.05) is 0 Å². The third kappa shape index (κ3) is 2.63. The van der Waals surface area contributed by atoms with Crippen molar-refractivity contribution in [1.29, 1.82) is 0 Å². The highest BCUT2D eigenvalue weighted by Crippen LogP contribution is 2.31. The Balaban J connectivity index is 2.37. The van der Waals surface area contributed by atoms with Gasteiger partial charge >= 0.3 is 0 Å². The van der Waals surface area contributed by atoms with E-state index in [-0.39, 0.29) is 0 Å². The number of hydrogen-bond acceptors (Lipinski definition) is 2. The van der Waals surface area contributed by atoms with Gasteiger partial charge in [-0.05, 0) is 36.8 Å².